The number of hydrogen-bond acceptors (Lipinski definition) is 3. The third-order valence-electron chi connectivity index (χ3n) is 2.99. The van der Waals surface area contributed by atoms with E-state index in [0.717, 1.165) is 11.3 Å². The fourth-order valence-corrected chi connectivity index (χ4v) is 1.98. The smallest absolute Gasteiger partial charge is 0.243 e. The molecule has 0 unspecified atom stereocenters. The van der Waals surface area contributed by atoms with E-state index in [1.165, 1.54) is 0 Å². The van der Waals surface area contributed by atoms with Crippen LogP contribution in [-0.2, 0) is 4.79 Å². The maximum absolute atomic E-state index is 12.0. The summed E-state index contributed by atoms with van der Waals surface area (Å²) in [5, 5.41) is 5.94. The topological polar surface area (TPSA) is 50.4 Å². The number of ether oxygens (including phenoxy) is 1. The lowest BCUT2D eigenvalue weighted by atomic mass is 10.2. The van der Waals surface area contributed by atoms with Crippen molar-refractivity contribution in [3.05, 3.63) is 66.7 Å². The lowest BCUT2D eigenvalue weighted by molar-refractivity contribution is -0.114. The first kappa shape index (κ1) is 15.6. The molecule has 2 N–H and O–H groups in total. The molecule has 0 saturated heterocycles. The number of anilines is 2. The molecule has 2 aromatic rings. The molecule has 2 rings (SSSR count). The Morgan fingerprint density at radius 3 is 2.82 bits per heavy atom. The number of hydrogen-bond donors (Lipinski definition) is 2. The van der Waals surface area contributed by atoms with Crippen molar-refractivity contribution in [3.63, 3.8) is 0 Å². The highest BCUT2D eigenvalue weighted by molar-refractivity contribution is 5.95. The fourth-order valence-electron chi connectivity index (χ4n) is 1.98. The van der Waals surface area contributed by atoms with Gasteiger partial charge in [-0.1, -0.05) is 36.9 Å². The number of carbonyl (C=O) groups excluding carboxylic acids is 1. The number of rotatable bonds is 7. The molecule has 0 fully saturated rings. The highest BCUT2D eigenvalue weighted by Gasteiger charge is 2.07. The first-order valence-corrected chi connectivity index (χ1v) is 7.12. The van der Waals surface area contributed by atoms with Crippen molar-refractivity contribution in [2.45, 2.75) is 6.92 Å². The van der Waals surface area contributed by atoms with Gasteiger partial charge in [0.1, 0.15) is 12.4 Å². The van der Waals surface area contributed by atoms with Crippen LogP contribution in [0.15, 0.2) is 61.2 Å². The molecule has 22 heavy (non-hydrogen) atoms. The molecule has 4 nitrogen and oxygen atoms in total. The molecular formula is C18H20N2O2. The minimum absolute atomic E-state index is 0.129. The minimum Gasteiger partial charge on any atom is -0.487 e. The maximum Gasteiger partial charge on any atom is 0.243 e. The molecule has 0 aliphatic rings. The Morgan fingerprint density at radius 2 is 2.05 bits per heavy atom. The average Bonchev–Trinajstić information content (AvgIpc) is 2.52. The van der Waals surface area contributed by atoms with Crippen LogP contribution in [0.5, 0.6) is 5.75 Å². The molecule has 0 radical (unpaired) electrons. The fraction of sp³-hybridized carbons (Fsp3) is 0.167. The Bertz CT molecular complexity index is 653. The molecule has 0 spiro atoms. The van der Waals surface area contributed by atoms with Crippen molar-refractivity contribution in [1.29, 1.82) is 0 Å². The normalized spacial score (nSPS) is 9.86. The predicted octanol–water partition coefficient (Wildman–Crippen LogP) is 3.61. The molecule has 0 saturated carbocycles. The highest BCUT2D eigenvalue weighted by Crippen LogP contribution is 2.23. The zero-order chi connectivity index (χ0) is 15.8. The number of para-hydroxylation sites is 2. The molecule has 0 aliphatic carbocycles. The van der Waals surface area contributed by atoms with Crippen molar-refractivity contribution in [3.8, 4) is 5.75 Å². The first-order chi connectivity index (χ1) is 10.7. The molecular weight excluding hydrogens is 276 g/mol. The van der Waals surface area contributed by atoms with Crippen LogP contribution < -0.4 is 15.4 Å². The van der Waals surface area contributed by atoms with Crippen molar-refractivity contribution < 1.29 is 9.53 Å². The van der Waals surface area contributed by atoms with Crippen LogP contribution in [-0.4, -0.2) is 19.1 Å². The van der Waals surface area contributed by atoms with Crippen molar-refractivity contribution in [2.24, 2.45) is 0 Å². The van der Waals surface area contributed by atoms with Gasteiger partial charge in [-0.15, -0.1) is 0 Å². The summed E-state index contributed by atoms with van der Waals surface area (Å²) >= 11 is 0. The number of nitrogens with one attached hydrogen (secondary N) is 2. The van der Waals surface area contributed by atoms with Crippen LogP contribution >= 0.6 is 0 Å². The third kappa shape index (κ3) is 4.66. The summed E-state index contributed by atoms with van der Waals surface area (Å²) in [5.74, 6) is 0.502. The van der Waals surface area contributed by atoms with Crippen LogP contribution in [0, 0.1) is 6.92 Å². The Labute approximate surface area is 130 Å². The van der Waals surface area contributed by atoms with E-state index in [1.54, 1.807) is 6.08 Å². The van der Waals surface area contributed by atoms with Gasteiger partial charge in [-0.3, -0.25) is 4.79 Å². The lowest BCUT2D eigenvalue weighted by Gasteiger charge is -2.12. The van der Waals surface area contributed by atoms with Crippen LogP contribution in [0.2, 0.25) is 0 Å². The van der Waals surface area contributed by atoms with Gasteiger partial charge in [-0.2, -0.15) is 0 Å². The van der Waals surface area contributed by atoms with Crippen LogP contribution in [0.1, 0.15) is 5.56 Å². The van der Waals surface area contributed by atoms with Crippen LogP contribution in [0.4, 0.5) is 11.4 Å². The van der Waals surface area contributed by atoms with E-state index in [-0.39, 0.29) is 12.5 Å². The predicted molar refractivity (Wildman–Crippen MR) is 90.4 cm³/mol. The maximum atomic E-state index is 12.0. The van der Waals surface area contributed by atoms with Gasteiger partial charge in [0.25, 0.3) is 0 Å². The van der Waals surface area contributed by atoms with E-state index < -0.39 is 0 Å². The second kappa shape index (κ2) is 7.88. The molecule has 0 aromatic heterocycles. The molecule has 0 heterocycles. The van der Waals surface area contributed by atoms with Crippen LogP contribution in [0.3, 0.4) is 0 Å². The summed E-state index contributed by atoms with van der Waals surface area (Å²) < 4.78 is 5.51. The van der Waals surface area contributed by atoms with Gasteiger partial charge in [-0.25, -0.2) is 0 Å². The van der Waals surface area contributed by atoms with Crippen molar-refractivity contribution in [2.75, 3.05) is 23.8 Å². The highest BCUT2D eigenvalue weighted by atomic mass is 16.5. The summed E-state index contributed by atoms with van der Waals surface area (Å²) in [6.45, 7) is 6.22. The molecule has 0 atom stereocenters. The van der Waals surface area contributed by atoms with Crippen LogP contribution in [0.25, 0.3) is 0 Å². The third-order valence-corrected chi connectivity index (χ3v) is 2.99. The lowest BCUT2D eigenvalue weighted by Crippen LogP contribution is -2.22. The Hall–Kier alpha value is -2.75. The number of aryl methyl sites for hydroxylation is 1. The molecule has 0 aliphatic heterocycles. The monoisotopic (exact) mass is 296 g/mol. The summed E-state index contributed by atoms with van der Waals surface area (Å²) in [6.07, 6.45) is 1.66. The summed E-state index contributed by atoms with van der Waals surface area (Å²) in [5.41, 5.74) is 2.72. The molecule has 114 valence electrons. The van der Waals surface area contributed by atoms with Gasteiger partial charge in [0.15, 0.2) is 0 Å². The van der Waals surface area contributed by atoms with Crippen molar-refractivity contribution >= 4 is 17.3 Å². The van der Waals surface area contributed by atoms with E-state index >= 15 is 0 Å². The van der Waals surface area contributed by atoms with E-state index in [4.69, 9.17) is 4.74 Å². The summed E-state index contributed by atoms with van der Waals surface area (Å²) in [6, 6.07) is 15.2. The van der Waals surface area contributed by atoms with E-state index in [0.29, 0.717) is 18.0 Å². The summed E-state index contributed by atoms with van der Waals surface area (Å²) in [7, 11) is 0. The van der Waals surface area contributed by atoms with Gasteiger partial charge < -0.3 is 15.4 Å². The Balaban J connectivity index is 1.93. The molecule has 4 heteroatoms. The van der Waals surface area contributed by atoms with E-state index in [9.17, 15) is 4.79 Å². The van der Waals surface area contributed by atoms with Gasteiger partial charge >= 0.3 is 0 Å². The number of carbonyl (C=O) groups is 1. The Morgan fingerprint density at radius 1 is 1.23 bits per heavy atom. The zero-order valence-corrected chi connectivity index (χ0v) is 12.6. The molecule has 2 aromatic carbocycles. The van der Waals surface area contributed by atoms with E-state index in [1.807, 2.05) is 55.5 Å². The molecule has 0 bridgehead atoms. The van der Waals surface area contributed by atoms with Crippen molar-refractivity contribution in [1.82, 2.24) is 0 Å². The van der Waals surface area contributed by atoms with Gasteiger partial charge in [0, 0.05) is 5.69 Å². The van der Waals surface area contributed by atoms with Gasteiger partial charge in [0.2, 0.25) is 5.91 Å². The first-order valence-electron chi connectivity index (χ1n) is 7.12. The molecule has 1 amide bonds. The Kier molecular flexibility index (Phi) is 5.60. The standard InChI is InChI=1S/C18H20N2O2/c1-3-11-22-17-10-5-4-9-16(17)20-18(21)13-19-15-8-6-7-14(2)12-15/h3-10,12,19H,1,11,13H2,2H3,(H,20,21). The second-order valence-corrected chi connectivity index (χ2v) is 4.87. The summed E-state index contributed by atoms with van der Waals surface area (Å²) in [4.78, 5) is 12.0. The zero-order valence-electron chi connectivity index (χ0n) is 12.6. The SMILES string of the molecule is C=CCOc1ccccc1NC(=O)CNc1cccc(C)c1. The minimum atomic E-state index is -0.129. The average molecular weight is 296 g/mol. The van der Waals surface area contributed by atoms with E-state index in [2.05, 4.69) is 17.2 Å². The second-order valence-electron chi connectivity index (χ2n) is 4.87. The quantitative estimate of drug-likeness (QED) is 0.767. The largest absolute Gasteiger partial charge is 0.487 e. The number of benzene rings is 2. The number of amides is 1. The van der Waals surface area contributed by atoms with Gasteiger partial charge in [-0.05, 0) is 36.8 Å². The van der Waals surface area contributed by atoms with Gasteiger partial charge in [0.05, 0.1) is 12.2 Å².